The molecule has 0 aromatic carbocycles. The molecule has 0 aliphatic rings. The van der Waals surface area contributed by atoms with Crippen LogP contribution >= 0.6 is 0 Å². The summed E-state index contributed by atoms with van der Waals surface area (Å²) in [4.78, 5) is 10.6. The summed E-state index contributed by atoms with van der Waals surface area (Å²) in [6.07, 6.45) is 3.21. The number of unbranched alkanes of at least 4 members (excludes halogenated alkanes) is 2. The van der Waals surface area contributed by atoms with Gasteiger partial charge in [-0.1, -0.05) is 26.3 Å². The molecule has 0 heterocycles. The molecule has 15 heavy (non-hydrogen) atoms. The van der Waals surface area contributed by atoms with E-state index in [0.717, 1.165) is 18.9 Å². The molecule has 0 aromatic rings. The standard InChI is InChI=1S/C8H15NO4S.Na.H/c1-3-5-6-7-14(11,12)13-9-8(10)4-2;;/h4H,2-3,5-7H2,1H3,(H,9,10);;. The molecule has 0 unspecified atom stereocenters. The second kappa shape index (κ2) is 9.35. The number of carbonyl (C=O) groups excluding carboxylic acids is 1. The van der Waals surface area contributed by atoms with E-state index in [9.17, 15) is 13.2 Å². The summed E-state index contributed by atoms with van der Waals surface area (Å²) in [5.74, 6) is -0.762. The molecular formula is C8H16NNaO4S. The summed E-state index contributed by atoms with van der Waals surface area (Å²) < 4.78 is 26.3. The summed E-state index contributed by atoms with van der Waals surface area (Å²) in [5.41, 5.74) is 1.75. The molecule has 0 saturated carbocycles. The number of amides is 1. The van der Waals surface area contributed by atoms with Gasteiger partial charge in [0.15, 0.2) is 0 Å². The van der Waals surface area contributed by atoms with E-state index < -0.39 is 16.0 Å². The van der Waals surface area contributed by atoms with Crippen molar-refractivity contribution in [3.63, 3.8) is 0 Å². The number of rotatable bonds is 7. The van der Waals surface area contributed by atoms with E-state index in [4.69, 9.17) is 0 Å². The second-order valence-corrected chi connectivity index (χ2v) is 4.41. The molecule has 0 radical (unpaired) electrons. The first-order valence-electron chi connectivity index (χ1n) is 4.35. The number of hydrogen-bond acceptors (Lipinski definition) is 4. The number of carbonyl (C=O) groups is 1. The van der Waals surface area contributed by atoms with E-state index in [-0.39, 0.29) is 35.3 Å². The van der Waals surface area contributed by atoms with Crippen LogP contribution in [0.15, 0.2) is 12.7 Å². The molecule has 5 nitrogen and oxygen atoms in total. The Hall–Kier alpha value is 0.120. The first-order valence-corrected chi connectivity index (χ1v) is 5.93. The van der Waals surface area contributed by atoms with Gasteiger partial charge in [0.2, 0.25) is 0 Å². The summed E-state index contributed by atoms with van der Waals surface area (Å²) in [7, 11) is -3.64. The molecule has 7 heteroatoms. The zero-order chi connectivity index (χ0) is 11.0. The molecule has 0 rings (SSSR count). The molecule has 0 spiro atoms. The number of hydroxylamine groups is 1. The quantitative estimate of drug-likeness (QED) is 0.299. The third kappa shape index (κ3) is 10.4. The van der Waals surface area contributed by atoms with Gasteiger partial charge in [-0.05, 0) is 12.5 Å². The summed E-state index contributed by atoms with van der Waals surface area (Å²) in [6, 6.07) is 0. The van der Waals surface area contributed by atoms with Crippen LogP contribution in [0.3, 0.4) is 0 Å². The molecule has 1 N–H and O–H groups in total. The molecule has 0 saturated heterocycles. The average Bonchev–Trinajstić information content (AvgIpc) is 2.14. The normalized spacial score (nSPS) is 10.2. The topological polar surface area (TPSA) is 72.5 Å². The van der Waals surface area contributed by atoms with Crippen molar-refractivity contribution in [1.29, 1.82) is 0 Å². The molecule has 0 atom stereocenters. The van der Waals surface area contributed by atoms with Crippen LogP contribution in [0, 0.1) is 0 Å². The predicted molar refractivity (Wildman–Crippen MR) is 59.9 cm³/mol. The SMILES string of the molecule is C=CC(=O)NOS(=O)(=O)CCCCC.[NaH]. The third-order valence-electron chi connectivity index (χ3n) is 1.45. The zero-order valence-corrected chi connectivity index (χ0v) is 8.97. The fraction of sp³-hybridized carbons (Fsp3) is 0.625. The van der Waals surface area contributed by atoms with Crippen molar-refractivity contribution in [2.45, 2.75) is 26.2 Å². The van der Waals surface area contributed by atoms with Crippen LogP contribution in [0.2, 0.25) is 0 Å². The number of nitrogens with one attached hydrogen (secondary N) is 1. The maximum atomic E-state index is 11.1. The van der Waals surface area contributed by atoms with Gasteiger partial charge in [0.1, 0.15) is 0 Å². The molecule has 1 amide bonds. The van der Waals surface area contributed by atoms with Crippen molar-refractivity contribution >= 4 is 45.6 Å². The molecular weight excluding hydrogens is 229 g/mol. The van der Waals surface area contributed by atoms with Crippen LogP contribution < -0.4 is 5.48 Å². The summed E-state index contributed by atoms with van der Waals surface area (Å²) in [6.45, 7) is 5.12. The van der Waals surface area contributed by atoms with Crippen molar-refractivity contribution < 1.29 is 17.5 Å². The van der Waals surface area contributed by atoms with Gasteiger partial charge in [-0.3, -0.25) is 4.79 Å². The van der Waals surface area contributed by atoms with E-state index in [1.54, 1.807) is 5.48 Å². The van der Waals surface area contributed by atoms with Crippen molar-refractivity contribution in [3.8, 4) is 0 Å². The molecule has 84 valence electrons. The Bertz CT molecular complexity index is 289. The van der Waals surface area contributed by atoms with Crippen LogP contribution in [0.25, 0.3) is 0 Å². The monoisotopic (exact) mass is 245 g/mol. The Morgan fingerprint density at radius 1 is 1.47 bits per heavy atom. The van der Waals surface area contributed by atoms with Gasteiger partial charge in [0.25, 0.3) is 16.0 Å². The van der Waals surface area contributed by atoms with E-state index in [1.807, 2.05) is 6.92 Å². The first kappa shape index (κ1) is 17.5. The molecule has 0 aromatic heterocycles. The fourth-order valence-electron chi connectivity index (χ4n) is 0.717. The predicted octanol–water partition coefficient (Wildman–Crippen LogP) is 0.0917. The van der Waals surface area contributed by atoms with Gasteiger partial charge in [-0.25, -0.2) is 5.48 Å². The van der Waals surface area contributed by atoms with Gasteiger partial charge in [0.05, 0.1) is 5.75 Å². The van der Waals surface area contributed by atoms with Crippen LogP contribution in [-0.4, -0.2) is 49.6 Å². The van der Waals surface area contributed by atoms with Gasteiger partial charge in [-0.2, -0.15) is 8.42 Å². The number of hydrogen-bond donors (Lipinski definition) is 1. The minimum absolute atomic E-state index is 0. The van der Waals surface area contributed by atoms with Gasteiger partial charge >= 0.3 is 29.6 Å². The fourth-order valence-corrected chi connectivity index (χ4v) is 1.57. The van der Waals surface area contributed by atoms with Crippen molar-refractivity contribution in [2.24, 2.45) is 0 Å². The van der Waals surface area contributed by atoms with Gasteiger partial charge in [0, 0.05) is 0 Å². The van der Waals surface area contributed by atoms with Gasteiger partial charge < -0.3 is 0 Å². The van der Waals surface area contributed by atoms with Crippen LogP contribution in [0.4, 0.5) is 0 Å². The van der Waals surface area contributed by atoms with Crippen LogP contribution in [0.1, 0.15) is 26.2 Å². The van der Waals surface area contributed by atoms with Gasteiger partial charge in [-0.15, -0.1) is 4.28 Å². The van der Waals surface area contributed by atoms with Crippen molar-refractivity contribution in [1.82, 2.24) is 5.48 Å². The molecule has 0 aliphatic carbocycles. The Labute approximate surface area is 113 Å². The van der Waals surface area contributed by atoms with Crippen molar-refractivity contribution in [3.05, 3.63) is 12.7 Å². The van der Waals surface area contributed by atoms with Crippen LogP contribution in [0.5, 0.6) is 0 Å². The molecule has 0 bridgehead atoms. The Kier molecular flexibility index (Phi) is 10.9. The van der Waals surface area contributed by atoms with E-state index >= 15 is 0 Å². The second-order valence-electron chi connectivity index (χ2n) is 2.72. The van der Waals surface area contributed by atoms with Crippen molar-refractivity contribution in [2.75, 3.05) is 5.75 Å². The molecule has 0 fully saturated rings. The maximum absolute atomic E-state index is 11.1. The summed E-state index contributed by atoms with van der Waals surface area (Å²) in [5, 5.41) is 0. The summed E-state index contributed by atoms with van der Waals surface area (Å²) >= 11 is 0. The molecule has 0 aliphatic heterocycles. The Balaban J connectivity index is 0. The van der Waals surface area contributed by atoms with Crippen LogP contribution in [-0.2, 0) is 19.2 Å². The van der Waals surface area contributed by atoms with E-state index in [2.05, 4.69) is 10.9 Å². The van der Waals surface area contributed by atoms with E-state index in [0.29, 0.717) is 6.42 Å². The minimum atomic E-state index is -3.64. The third-order valence-corrected chi connectivity index (χ3v) is 2.58. The Morgan fingerprint density at radius 3 is 2.53 bits per heavy atom. The zero-order valence-electron chi connectivity index (χ0n) is 8.15. The first-order chi connectivity index (χ1) is 6.52. The average molecular weight is 245 g/mol. The Morgan fingerprint density at radius 2 is 2.07 bits per heavy atom. The van der Waals surface area contributed by atoms with E-state index in [1.165, 1.54) is 0 Å².